The van der Waals surface area contributed by atoms with Gasteiger partial charge in [-0.05, 0) is 31.9 Å². The number of nitrogens with zero attached hydrogens (tertiary/aromatic N) is 2. The Kier molecular flexibility index (Phi) is 3.68. The first kappa shape index (κ1) is 14.1. The average molecular weight is 308 g/mol. The quantitative estimate of drug-likeness (QED) is 0.860. The Hall–Kier alpha value is -1.88. The molecular weight excluding hydrogens is 293 g/mol. The average Bonchev–Trinajstić information content (AvgIpc) is 3.30. The van der Waals surface area contributed by atoms with E-state index in [1.165, 1.54) is 13.2 Å². The standard InChI is InChI=1S/C15H15ClFN3O/c1-8-13(16)19-15(9-3-4-9)20-14(8)18-10-5-6-11(17)12(7-10)21-2/h5-7,9H,3-4H2,1-2H3,(H,18,19,20). The van der Waals surface area contributed by atoms with Crippen molar-refractivity contribution >= 4 is 23.1 Å². The third kappa shape index (κ3) is 2.93. The molecule has 1 saturated carbocycles. The Labute approximate surface area is 127 Å². The number of anilines is 2. The van der Waals surface area contributed by atoms with Gasteiger partial charge in [0.05, 0.1) is 7.11 Å². The summed E-state index contributed by atoms with van der Waals surface area (Å²) in [6.07, 6.45) is 2.20. The molecule has 21 heavy (non-hydrogen) atoms. The second-order valence-corrected chi connectivity index (χ2v) is 5.45. The summed E-state index contributed by atoms with van der Waals surface area (Å²) in [5, 5.41) is 3.60. The van der Waals surface area contributed by atoms with Gasteiger partial charge < -0.3 is 10.1 Å². The number of methoxy groups -OCH3 is 1. The molecule has 110 valence electrons. The van der Waals surface area contributed by atoms with Crippen LogP contribution in [0.25, 0.3) is 0 Å². The maximum atomic E-state index is 13.4. The summed E-state index contributed by atoms with van der Waals surface area (Å²) in [6, 6.07) is 4.56. The lowest BCUT2D eigenvalue weighted by Gasteiger charge is -2.12. The van der Waals surface area contributed by atoms with Gasteiger partial charge in [0, 0.05) is 23.2 Å². The molecule has 0 aliphatic heterocycles. The highest BCUT2D eigenvalue weighted by molar-refractivity contribution is 6.30. The minimum Gasteiger partial charge on any atom is -0.494 e. The SMILES string of the molecule is COc1cc(Nc2nc(C3CC3)nc(Cl)c2C)ccc1F. The van der Waals surface area contributed by atoms with Gasteiger partial charge in [0.2, 0.25) is 0 Å². The van der Waals surface area contributed by atoms with Gasteiger partial charge in [0.15, 0.2) is 11.6 Å². The summed E-state index contributed by atoms with van der Waals surface area (Å²) < 4.78 is 18.4. The monoisotopic (exact) mass is 307 g/mol. The molecule has 0 radical (unpaired) electrons. The maximum absolute atomic E-state index is 13.4. The number of aromatic nitrogens is 2. The third-order valence-electron chi connectivity index (χ3n) is 3.46. The highest BCUT2D eigenvalue weighted by Gasteiger charge is 2.28. The van der Waals surface area contributed by atoms with E-state index in [9.17, 15) is 4.39 Å². The van der Waals surface area contributed by atoms with Crippen LogP contribution in [0.2, 0.25) is 5.15 Å². The van der Waals surface area contributed by atoms with Crippen molar-refractivity contribution in [1.29, 1.82) is 0 Å². The van der Waals surface area contributed by atoms with Gasteiger partial charge in [-0.1, -0.05) is 11.6 Å². The van der Waals surface area contributed by atoms with Crippen molar-refractivity contribution in [3.8, 4) is 5.75 Å². The van der Waals surface area contributed by atoms with Gasteiger partial charge in [-0.15, -0.1) is 0 Å². The summed E-state index contributed by atoms with van der Waals surface area (Å²) in [5.74, 6) is 1.60. The molecule has 4 nitrogen and oxygen atoms in total. The van der Waals surface area contributed by atoms with Crippen molar-refractivity contribution < 1.29 is 9.13 Å². The number of hydrogen-bond acceptors (Lipinski definition) is 4. The first-order valence-corrected chi connectivity index (χ1v) is 7.11. The van der Waals surface area contributed by atoms with Crippen LogP contribution in [0.3, 0.4) is 0 Å². The van der Waals surface area contributed by atoms with Crippen LogP contribution >= 0.6 is 11.6 Å². The highest BCUT2D eigenvalue weighted by atomic mass is 35.5. The van der Waals surface area contributed by atoms with Crippen LogP contribution in [0.5, 0.6) is 5.75 Å². The smallest absolute Gasteiger partial charge is 0.165 e. The summed E-state index contributed by atoms with van der Waals surface area (Å²) in [6.45, 7) is 1.85. The van der Waals surface area contributed by atoms with Crippen molar-refractivity contribution in [1.82, 2.24) is 9.97 Å². The molecule has 0 atom stereocenters. The Balaban J connectivity index is 1.93. The first-order chi connectivity index (χ1) is 10.1. The predicted molar refractivity (Wildman–Crippen MR) is 80.0 cm³/mol. The van der Waals surface area contributed by atoms with Gasteiger partial charge in [0.25, 0.3) is 0 Å². The predicted octanol–water partition coefficient (Wildman–Crippen LogP) is 4.21. The summed E-state index contributed by atoms with van der Waals surface area (Å²) in [5.41, 5.74) is 1.46. The van der Waals surface area contributed by atoms with Crippen LogP contribution in [0.15, 0.2) is 18.2 Å². The van der Waals surface area contributed by atoms with Crippen LogP contribution in [0.1, 0.15) is 30.1 Å². The zero-order valence-electron chi connectivity index (χ0n) is 11.8. The molecule has 1 aliphatic carbocycles. The zero-order valence-corrected chi connectivity index (χ0v) is 12.5. The van der Waals surface area contributed by atoms with Gasteiger partial charge in [-0.25, -0.2) is 14.4 Å². The Morgan fingerprint density at radius 3 is 2.76 bits per heavy atom. The Morgan fingerprint density at radius 2 is 2.10 bits per heavy atom. The third-order valence-corrected chi connectivity index (χ3v) is 3.83. The molecule has 0 spiro atoms. The van der Waals surface area contributed by atoms with Crippen LogP contribution in [-0.4, -0.2) is 17.1 Å². The molecule has 0 amide bonds. The number of hydrogen-bond donors (Lipinski definition) is 1. The number of nitrogens with one attached hydrogen (secondary N) is 1. The molecule has 0 unspecified atom stereocenters. The fraction of sp³-hybridized carbons (Fsp3) is 0.333. The summed E-state index contributed by atoms with van der Waals surface area (Å²) in [4.78, 5) is 8.84. The zero-order chi connectivity index (χ0) is 15.0. The fourth-order valence-electron chi connectivity index (χ4n) is 2.03. The van der Waals surface area contributed by atoms with Crippen LogP contribution in [-0.2, 0) is 0 Å². The van der Waals surface area contributed by atoms with E-state index in [0.717, 1.165) is 24.2 Å². The molecule has 1 fully saturated rings. The van der Waals surface area contributed by atoms with Gasteiger partial charge in [-0.2, -0.15) is 0 Å². The van der Waals surface area contributed by atoms with Crippen molar-refractivity contribution in [3.05, 3.63) is 40.6 Å². The Morgan fingerprint density at radius 1 is 1.33 bits per heavy atom. The van der Waals surface area contributed by atoms with Crippen LogP contribution in [0, 0.1) is 12.7 Å². The Bertz CT molecular complexity index is 689. The van der Waals surface area contributed by atoms with Crippen molar-refractivity contribution in [2.45, 2.75) is 25.7 Å². The van der Waals surface area contributed by atoms with Crippen molar-refractivity contribution in [2.75, 3.05) is 12.4 Å². The van der Waals surface area contributed by atoms with E-state index in [1.54, 1.807) is 12.1 Å². The summed E-state index contributed by atoms with van der Waals surface area (Å²) >= 11 is 6.17. The second kappa shape index (κ2) is 5.48. The van der Waals surface area contributed by atoms with E-state index in [0.29, 0.717) is 22.6 Å². The molecule has 0 bridgehead atoms. The maximum Gasteiger partial charge on any atom is 0.165 e. The molecule has 1 aromatic carbocycles. The molecule has 1 aliphatic rings. The van der Waals surface area contributed by atoms with Gasteiger partial charge in [-0.3, -0.25) is 0 Å². The minimum absolute atomic E-state index is 0.181. The van der Waals surface area contributed by atoms with Crippen molar-refractivity contribution in [3.63, 3.8) is 0 Å². The van der Waals surface area contributed by atoms with Gasteiger partial charge in [0.1, 0.15) is 16.8 Å². The van der Waals surface area contributed by atoms with E-state index in [4.69, 9.17) is 16.3 Å². The normalized spacial score (nSPS) is 14.1. The molecule has 6 heteroatoms. The van der Waals surface area contributed by atoms with E-state index < -0.39 is 5.82 Å². The van der Waals surface area contributed by atoms with Crippen LogP contribution in [0.4, 0.5) is 15.9 Å². The molecule has 2 aromatic rings. The minimum atomic E-state index is -0.404. The largest absolute Gasteiger partial charge is 0.494 e. The van der Waals surface area contributed by atoms with Crippen molar-refractivity contribution in [2.24, 2.45) is 0 Å². The molecule has 1 aromatic heterocycles. The lowest BCUT2D eigenvalue weighted by atomic mass is 10.2. The molecular formula is C15H15ClFN3O. The highest BCUT2D eigenvalue weighted by Crippen LogP contribution is 2.39. The molecule has 0 saturated heterocycles. The lowest BCUT2D eigenvalue weighted by Crippen LogP contribution is -2.03. The number of halogens is 2. The lowest BCUT2D eigenvalue weighted by molar-refractivity contribution is 0.387. The van der Waals surface area contributed by atoms with Crippen LogP contribution < -0.4 is 10.1 Å². The van der Waals surface area contributed by atoms with E-state index in [1.807, 2.05) is 6.92 Å². The second-order valence-electron chi connectivity index (χ2n) is 5.09. The molecule has 1 heterocycles. The topological polar surface area (TPSA) is 47.0 Å². The van der Waals surface area contributed by atoms with Gasteiger partial charge >= 0.3 is 0 Å². The van der Waals surface area contributed by atoms with E-state index in [-0.39, 0.29) is 5.75 Å². The molecule has 1 N–H and O–H groups in total. The molecule has 3 rings (SSSR count). The van der Waals surface area contributed by atoms with E-state index in [2.05, 4.69) is 15.3 Å². The number of ether oxygens (including phenoxy) is 1. The fourth-order valence-corrected chi connectivity index (χ4v) is 2.20. The number of benzene rings is 1. The summed E-state index contributed by atoms with van der Waals surface area (Å²) in [7, 11) is 1.43. The van der Waals surface area contributed by atoms with E-state index >= 15 is 0 Å². The first-order valence-electron chi connectivity index (χ1n) is 6.73. The number of rotatable bonds is 4.